The number of aliphatic hydroxyl groups is 3. The number of aliphatic carboxylic acids is 1. The Morgan fingerprint density at radius 2 is 1.57 bits per heavy atom. The number of carbonyl (C=O) groups excluding carboxylic acids is 1. The lowest BCUT2D eigenvalue weighted by Gasteiger charge is -2.55. The van der Waals surface area contributed by atoms with E-state index in [1.165, 1.54) is 0 Å². The van der Waals surface area contributed by atoms with Crippen LogP contribution in [0.4, 0.5) is 0 Å². The van der Waals surface area contributed by atoms with E-state index in [-0.39, 0.29) is 41.8 Å². The second kappa shape index (κ2) is 16.2. The lowest BCUT2D eigenvalue weighted by molar-refractivity contribution is -0.416. The number of ketones is 1. The minimum Gasteiger partial charge on any atom is -0.481 e. The van der Waals surface area contributed by atoms with Gasteiger partial charge in [0.05, 0.1) is 53.7 Å². The van der Waals surface area contributed by atoms with Gasteiger partial charge >= 0.3 is 5.97 Å². The lowest BCUT2D eigenvalue weighted by atomic mass is 9.72. The van der Waals surface area contributed by atoms with Gasteiger partial charge in [0, 0.05) is 30.1 Å². The average Bonchev–Trinajstić information content (AvgIpc) is 3.46. The maximum Gasteiger partial charge on any atom is 0.309 e. The smallest absolute Gasteiger partial charge is 0.309 e. The zero-order valence-electron chi connectivity index (χ0n) is 34.0. The number of carboxylic acid groups (broad SMARTS) is 1. The summed E-state index contributed by atoms with van der Waals surface area (Å²) in [6, 6.07) is 0. The molecule has 5 rings (SSSR count). The van der Waals surface area contributed by atoms with Gasteiger partial charge in [0.2, 0.25) is 5.79 Å². The highest BCUT2D eigenvalue weighted by atomic mass is 16.8. The molecule has 304 valence electrons. The molecular weight excluding hydrogens is 680 g/mol. The first kappa shape index (κ1) is 42.7. The van der Waals surface area contributed by atoms with E-state index >= 15 is 0 Å². The highest BCUT2D eigenvalue weighted by molar-refractivity contribution is 5.84. The summed E-state index contributed by atoms with van der Waals surface area (Å²) in [5.41, 5.74) is -1.55. The molecule has 5 aliphatic rings. The largest absolute Gasteiger partial charge is 0.481 e. The molecule has 18 unspecified atom stereocenters. The van der Waals surface area contributed by atoms with Gasteiger partial charge in [-0.2, -0.15) is 0 Å². The van der Waals surface area contributed by atoms with Crippen molar-refractivity contribution < 1.29 is 53.7 Å². The topological polar surface area (TPSA) is 161 Å². The quantitative estimate of drug-likeness (QED) is 0.169. The van der Waals surface area contributed by atoms with Crippen molar-refractivity contribution in [3.63, 3.8) is 0 Å². The van der Waals surface area contributed by atoms with Crippen molar-refractivity contribution in [1.82, 2.24) is 0 Å². The third kappa shape index (κ3) is 7.94. The van der Waals surface area contributed by atoms with Gasteiger partial charge in [-0.1, -0.05) is 55.4 Å². The predicted octanol–water partition coefficient (Wildman–Crippen LogP) is 6.19. The number of hydrogen-bond donors (Lipinski definition) is 4. The molecule has 0 saturated carbocycles. The number of carboxylic acids is 1. The number of hydrogen-bond acceptors (Lipinski definition) is 10. The zero-order chi connectivity index (χ0) is 39.3. The fraction of sp³-hybridized carbons (Fsp3) is 0.905. The Balaban J connectivity index is 1.31. The standard InChI is InChI=1S/C42H70O11/c1-11-29(38(46)47)31-15-14-23(4)36(50-31)27(8)34(44)26(7)35(45)30(12-2)37-24(5)22-25(6)42(51-37)32(43)16-19-41(53-42)21-20-39(10,52-41)33-17-18-40(48,13-3)28(9)49-33/h16,19,23-34,36-37,43-44,48H,11-15,17-18,20-22H2,1-10H3,(H,46,47). The number of aliphatic hydroxyl groups excluding tert-OH is 2. The van der Waals surface area contributed by atoms with Crippen LogP contribution in [-0.4, -0.2) is 97.7 Å². The normalized spacial score (nSPS) is 46.2. The molecule has 0 aromatic carbocycles. The molecule has 4 fully saturated rings. The first-order chi connectivity index (χ1) is 24.8. The van der Waals surface area contributed by atoms with Crippen LogP contribution in [0.2, 0.25) is 0 Å². The van der Waals surface area contributed by atoms with Crippen LogP contribution in [0.1, 0.15) is 133 Å². The van der Waals surface area contributed by atoms with E-state index in [9.17, 15) is 30.0 Å². The third-order valence-corrected chi connectivity index (χ3v) is 14.4. The Morgan fingerprint density at radius 3 is 2.17 bits per heavy atom. The summed E-state index contributed by atoms with van der Waals surface area (Å²) in [4.78, 5) is 26.4. The molecule has 53 heavy (non-hydrogen) atoms. The van der Waals surface area contributed by atoms with Crippen LogP contribution in [0, 0.1) is 41.4 Å². The second-order valence-corrected chi connectivity index (χ2v) is 17.9. The summed E-state index contributed by atoms with van der Waals surface area (Å²) in [6.45, 7) is 19.5. The van der Waals surface area contributed by atoms with E-state index in [1.807, 2.05) is 48.5 Å². The number of carbonyl (C=O) groups is 2. The Bertz CT molecular complexity index is 1320. The molecule has 0 bridgehead atoms. The Morgan fingerprint density at radius 1 is 0.887 bits per heavy atom. The van der Waals surface area contributed by atoms with Gasteiger partial charge in [0.1, 0.15) is 11.9 Å². The van der Waals surface area contributed by atoms with Crippen LogP contribution < -0.4 is 0 Å². The first-order valence-electron chi connectivity index (χ1n) is 20.7. The van der Waals surface area contributed by atoms with Crippen LogP contribution in [0.15, 0.2) is 12.2 Å². The van der Waals surface area contributed by atoms with Gasteiger partial charge in [-0.3, -0.25) is 9.59 Å². The third-order valence-electron chi connectivity index (χ3n) is 14.4. The monoisotopic (exact) mass is 750 g/mol. The molecule has 5 aliphatic heterocycles. The maximum absolute atomic E-state index is 14.4. The van der Waals surface area contributed by atoms with Crippen molar-refractivity contribution in [2.75, 3.05) is 0 Å². The molecule has 18 atom stereocenters. The van der Waals surface area contributed by atoms with E-state index in [0.29, 0.717) is 57.8 Å². The van der Waals surface area contributed by atoms with Crippen LogP contribution in [-0.2, 0) is 33.3 Å². The van der Waals surface area contributed by atoms with Crippen LogP contribution in [0.5, 0.6) is 0 Å². The van der Waals surface area contributed by atoms with E-state index in [4.69, 9.17) is 23.7 Å². The highest BCUT2D eigenvalue weighted by Crippen LogP contribution is 2.54. The fourth-order valence-corrected chi connectivity index (χ4v) is 10.6. The summed E-state index contributed by atoms with van der Waals surface area (Å²) in [5.74, 6) is -6.06. The lowest BCUT2D eigenvalue weighted by Crippen LogP contribution is -2.65. The molecule has 4 N–H and O–H groups in total. The fourth-order valence-electron chi connectivity index (χ4n) is 10.6. The van der Waals surface area contributed by atoms with Gasteiger partial charge in [0.25, 0.3) is 0 Å². The average molecular weight is 751 g/mol. The molecule has 11 heteroatoms. The molecular formula is C42H70O11. The minimum atomic E-state index is -1.45. The summed E-state index contributed by atoms with van der Waals surface area (Å²) in [6.07, 6.45) is 5.55. The van der Waals surface area contributed by atoms with E-state index < -0.39 is 76.8 Å². The van der Waals surface area contributed by atoms with Crippen molar-refractivity contribution in [2.24, 2.45) is 41.4 Å². The number of ether oxygens (including phenoxy) is 5. The molecule has 0 aliphatic carbocycles. The Hall–Kier alpha value is -1.44. The van der Waals surface area contributed by atoms with Crippen LogP contribution >= 0.6 is 0 Å². The molecule has 5 heterocycles. The van der Waals surface area contributed by atoms with Crippen molar-refractivity contribution >= 4 is 11.8 Å². The SMILES string of the molecule is CCC(C(=O)O)C1CCC(C)C(C(C)C(O)C(C)C(=O)C(CC)C2OC3(OC4(C=CC3O)CCC(C)(C3CCC(O)(CC)C(C)O3)O4)C(C)CC2C)O1. The van der Waals surface area contributed by atoms with Crippen molar-refractivity contribution in [1.29, 1.82) is 0 Å². The maximum atomic E-state index is 14.4. The van der Waals surface area contributed by atoms with Crippen molar-refractivity contribution in [3.8, 4) is 0 Å². The molecule has 0 aromatic rings. The summed E-state index contributed by atoms with van der Waals surface area (Å²) < 4.78 is 33.5. The van der Waals surface area contributed by atoms with Gasteiger partial charge in [-0.25, -0.2) is 0 Å². The van der Waals surface area contributed by atoms with Crippen LogP contribution in [0.25, 0.3) is 0 Å². The number of Topliss-reactive ketones (excluding diaryl/α,β-unsaturated/α-hetero) is 1. The van der Waals surface area contributed by atoms with Crippen molar-refractivity contribution in [2.45, 2.75) is 199 Å². The van der Waals surface area contributed by atoms with E-state index in [1.54, 1.807) is 19.1 Å². The van der Waals surface area contributed by atoms with Crippen molar-refractivity contribution in [3.05, 3.63) is 12.2 Å². The molecule has 11 nitrogen and oxygen atoms in total. The minimum absolute atomic E-state index is 0.0300. The molecule has 2 spiro atoms. The summed E-state index contributed by atoms with van der Waals surface area (Å²) in [5, 5.41) is 44.2. The van der Waals surface area contributed by atoms with Gasteiger partial charge in [-0.05, 0) is 95.6 Å². The molecule has 0 aromatic heterocycles. The molecule has 0 amide bonds. The highest BCUT2D eigenvalue weighted by Gasteiger charge is 2.63. The summed E-state index contributed by atoms with van der Waals surface area (Å²) >= 11 is 0. The molecule has 0 radical (unpaired) electrons. The Kier molecular flexibility index (Phi) is 13.0. The van der Waals surface area contributed by atoms with Crippen LogP contribution in [0.3, 0.4) is 0 Å². The predicted molar refractivity (Wildman–Crippen MR) is 199 cm³/mol. The number of rotatable bonds is 12. The summed E-state index contributed by atoms with van der Waals surface area (Å²) in [7, 11) is 0. The van der Waals surface area contributed by atoms with E-state index in [0.717, 1.165) is 6.42 Å². The van der Waals surface area contributed by atoms with Gasteiger partial charge < -0.3 is 44.1 Å². The second-order valence-electron chi connectivity index (χ2n) is 17.9. The zero-order valence-corrected chi connectivity index (χ0v) is 34.0. The van der Waals surface area contributed by atoms with Gasteiger partial charge in [0.15, 0.2) is 5.79 Å². The Labute approximate surface area is 317 Å². The first-order valence-corrected chi connectivity index (χ1v) is 20.7. The van der Waals surface area contributed by atoms with E-state index in [2.05, 4.69) is 13.8 Å². The van der Waals surface area contributed by atoms with Gasteiger partial charge in [-0.15, -0.1) is 0 Å². The molecule has 4 saturated heterocycles.